The quantitative estimate of drug-likeness (QED) is 0.367. The lowest BCUT2D eigenvalue weighted by Gasteiger charge is -2.25. The molecular weight excluding hydrogens is 505 g/mol. The van der Waals surface area contributed by atoms with Crippen molar-refractivity contribution in [2.75, 3.05) is 5.32 Å². The van der Waals surface area contributed by atoms with Crippen molar-refractivity contribution in [3.63, 3.8) is 0 Å². The number of aromatic nitrogens is 5. The van der Waals surface area contributed by atoms with Crippen molar-refractivity contribution in [3.05, 3.63) is 41.6 Å². The fraction of sp³-hybridized carbons (Fsp3) is 0.500. The molecule has 3 aromatic rings. The number of halogens is 3. The molecule has 1 N–H and O–H groups in total. The van der Waals surface area contributed by atoms with Gasteiger partial charge in [0.05, 0.1) is 17.9 Å². The van der Waals surface area contributed by atoms with Gasteiger partial charge >= 0.3 is 0 Å². The molecule has 0 aromatic carbocycles. The number of nitrogens with zero attached hydrogens (tertiary/aromatic N) is 5. The predicted octanol–water partition coefficient (Wildman–Crippen LogP) is 5.16. The van der Waals surface area contributed by atoms with Crippen LogP contribution >= 0.6 is 22.6 Å². The Bertz CT molecular complexity index is 1050. The molecule has 0 atom stereocenters. The molecule has 0 unspecified atom stereocenters. The highest BCUT2D eigenvalue weighted by atomic mass is 127. The van der Waals surface area contributed by atoms with E-state index in [0.29, 0.717) is 9.57 Å². The molecule has 3 aromatic heterocycles. The fourth-order valence-corrected chi connectivity index (χ4v) is 4.57. The van der Waals surface area contributed by atoms with Crippen LogP contribution in [0.2, 0.25) is 0 Å². The molecular formula is C20H23F2IN6O. The zero-order valence-corrected chi connectivity index (χ0v) is 18.9. The number of hydrogen-bond acceptors (Lipinski definition) is 4. The first kappa shape index (κ1) is 21.1. The summed E-state index contributed by atoms with van der Waals surface area (Å²) in [5.74, 6) is -0.344. The number of anilines is 1. The minimum Gasteiger partial charge on any atom is -0.319 e. The number of carbonyl (C=O) groups excluding carboxylic acids is 1. The summed E-state index contributed by atoms with van der Waals surface area (Å²) in [6.45, 7) is 4.04. The molecule has 0 aliphatic heterocycles. The molecule has 4 rings (SSSR count). The number of nitrogens with one attached hydrogen (secondary N) is 1. The molecule has 3 heterocycles. The SMILES string of the molecule is CC(C)c1ccnc2c(C(=O)Nc3cn(C4CCC(I)CC4)nc3C(F)F)cnn12. The zero-order chi connectivity index (χ0) is 21.4. The molecule has 0 spiro atoms. The third-order valence-corrected chi connectivity index (χ3v) is 6.73. The summed E-state index contributed by atoms with van der Waals surface area (Å²) in [4.78, 5) is 17.1. The molecule has 0 radical (unpaired) electrons. The van der Waals surface area contributed by atoms with Crippen molar-refractivity contribution in [1.29, 1.82) is 0 Å². The van der Waals surface area contributed by atoms with Gasteiger partial charge in [0.2, 0.25) is 0 Å². The Labute approximate surface area is 186 Å². The van der Waals surface area contributed by atoms with E-state index in [9.17, 15) is 13.6 Å². The van der Waals surface area contributed by atoms with E-state index in [1.807, 2.05) is 19.9 Å². The van der Waals surface area contributed by atoms with Crippen molar-refractivity contribution in [3.8, 4) is 0 Å². The summed E-state index contributed by atoms with van der Waals surface area (Å²) in [5, 5.41) is 11.0. The van der Waals surface area contributed by atoms with Crippen molar-refractivity contribution in [2.24, 2.45) is 0 Å². The van der Waals surface area contributed by atoms with Gasteiger partial charge in [0, 0.05) is 22.0 Å². The van der Waals surface area contributed by atoms with E-state index in [1.54, 1.807) is 15.4 Å². The third-order valence-electron chi connectivity index (χ3n) is 5.48. The van der Waals surface area contributed by atoms with Crippen LogP contribution in [-0.2, 0) is 0 Å². The van der Waals surface area contributed by atoms with Crippen molar-refractivity contribution >= 4 is 39.8 Å². The van der Waals surface area contributed by atoms with Gasteiger partial charge < -0.3 is 5.32 Å². The first-order chi connectivity index (χ1) is 14.3. The zero-order valence-electron chi connectivity index (χ0n) is 16.7. The van der Waals surface area contributed by atoms with Gasteiger partial charge in [0.15, 0.2) is 11.3 Å². The minimum absolute atomic E-state index is 0.0333. The van der Waals surface area contributed by atoms with E-state index in [2.05, 4.69) is 43.1 Å². The van der Waals surface area contributed by atoms with Crippen molar-refractivity contribution in [2.45, 2.75) is 61.8 Å². The number of alkyl halides is 3. The predicted molar refractivity (Wildman–Crippen MR) is 118 cm³/mol. The summed E-state index contributed by atoms with van der Waals surface area (Å²) >= 11 is 2.42. The Balaban J connectivity index is 1.62. The molecule has 1 fully saturated rings. The number of fused-ring (bicyclic) bond motifs is 1. The normalized spacial score (nSPS) is 19.7. The maximum atomic E-state index is 13.6. The van der Waals surface area contributed by atoms with E-state index in [4.69, 9.17) is 0 Å². The third kappa shape index (κ3) is 4.06. The van der Waals surface area contributed by atoms with Crippen LogP contribution in [0.5, 0.6) is 0 Å². The Morgan fingerprint density at radius 1 is 1.27 bits per heavy atom. The van der Waals surface area contributed by atoms with Gasteiger partial charge in [-0.25, -0.2) is 18.3 Å². The van der Waals surface area contributed by atoms with E-state index >= 15 is 0 Å². The molecule has 7 nitrogen and oxygen atoms in total. The van der Waals surface area contributed by atoms with E-state index < -0.39 is 18.0 Å². The second kappa shape index (κ2) is 8.56. The Morgan fingerprint density at radius 2 is 2.00 bits per heavy atom. The minimum atomic E-state index is -2.78. The summed E-state index contributed by atoms with van der Waals surface area (Å²) in [5.41, 5.74) is 1.16. The topological polar surface area (TPSA) is 77.1 Å². The van der Waals surface area contributed by atoms with Crippen LogP contribution in [0.3, 0.4) is 0 Å². The van der Waals surface area contributed by atoms with E-state index in [1.165, 1.54) is 12.4 Å². The molecule has 1 saturated carbocycles. The molecule has 10 heteroatoms. The van der Waals surface area contributed by atoms with E-state index in [0.717, 1.165) is 31.4 Å². The molecule has 0 saturated heterocycles. The largest absolute Gasteiger partial charge is 0.319 e. The fourth-order valence-electron chi connectivity index (χ4n) is 3.85. The van der Waals surface area contributed by atoms with Gasteiger partial charge in [0.25, 0.3) is 12.3 Å². The number of amides is 1. The summed E-state index contributed by atoms with van der Waals surface area (Å²) < 4.78 is 31.0. The second-order valence-corrected chi connectivity index (χ2v) is 9.65. The van der Waals surface area contributed by atoms with Gasteiger partial charge in [-0.3, -0.25) is 9.48 Å². The highest BCUT2D eigenvalue weighted by molar-refractivity contribution is 14.1. The lowest BCUT2D eigenvalue weighted by atomic mass is 9.96. The average molecular weight is 528 g/mol. The van der Waals surface area contributed by atoms with Crippen molar-refractivity contribution < 1.29 is 13.6 Å². The van der Waals surface area contributed by atoms with Crippen LogP contribution in [0.1, 0.15) is 79.7 Å². The van der Waals surface area contributed by atoms with Gasteiger partial charge in [-0.15, -0.1) is 0 Å². The maximum Gasteiger partial charge on any atom is 0.284 e. The Kier molecular flexibility index (Phi) is 6.03. The highest BCUT2D eigenvalue weighted by Gasteiger charge is 2.27. The summed E-state index contributed by atoms with van der Waals surface area (Å²) in [6.07, 6.45) is 5.62. The van der Waals surface area contributed by atoms with Crippen LogP contribution in [0.4, 0.5) is 14.5 Å². The Hall–Kier alpha value is -2.11. The summed E-state index contributed by atoms with van der Waals surface area (Å²) in [6, 6.07) is 1.92. The lowest BCUT2D eigenvalue weighted by Crippen LogP contribution is -2.18. The smallest absolute Gasteiger partial charge is 0.284 e. The second-order valence-electron chi connectivity index (χ2n) is 7.89. The number of carbonyl (C=O) groups is 1. The maximum absolute atomic E-state index is 13.6. The van der Waals surface area contributed by atoms with Crippen molar-refractivity contribution in [1.82, 2.24) is 24.4 Å². The van der Waals surface area contributed by atoms with E-state index in [-0.39, 0.29) is 23.2 Å². The molecule has 0 bridgehead atoms. The van der Waals surface area contributed by atoms with Crippen LogP contribution in [0.15, 0.2) is 24.7 Å². The number of hydrogen-bond donors (Lipinski definition) is 1. The standard InChI is InChI=1S/C20H23F2IN6O/c1-11(2)16-7-8-24-19-14(9-25-29(16)19)20(30)26-15-10-28(27-17(15)18(21)22)13-5-3-12(23)4-6-13/h7-13,18H,3-6H2,1-2H3,(H,26,30). The van der Waals surface area contributed by atoms with Gasteiger partial charge in [-0.1, -0.05) is 36.4 Å². The molecule has 160 valence electrons. The lowest BCUT2D eigenvalue weighted by molar-refractivity contribution is 0.102. The van der Waals surface area contributed by atoms with Crippen LogP contribution in [0.25, 0.3) is 5.65 Å². The van der Waals surface area contributed by atoms with Gasteiger partial charge in [0.1, 0.15) is 5.56 Å². The first-order valence-electron chi connectivity index (χ1n) is 10.0. The molecule has 1 aliphatic carbocycles. The average Bonchev–Trinajstić information content (AvgIpc) is 3.32. The van der Waals surface area contributed by atoms with Crippen LogP contribution < -0.4 is 5.32 Å². The molecule has 30 heavy (non-hydrogen) atoms. The van der Waals surface area contributed by atoms with Gasteiger partial charge in [-0.05, 0) is 37.7 Å². The van der Waals surface area contributed by atoms with Gasteiger partial charge in [-0.2, -0.15) is 10.2 Å². The Morgan fingerprint density at radius 3 is 2.67 bits per heavy atom. The highest BCUT2D eigenvalue weighted by Crippen LogP contribution is 2.35. The first-order valence-corrected chi connectivity index (χ1v) is 11.2. The summed E-state index contributed by atoms with van der Waals surface area (Å²) in [7, 11) is 0. The molecule has 1 amide bonds. The number of rotatable bonds is 5. The van der Waals surface area contributed by atoms with Crippen LogP contribution in [-0.4, -0.2) is 34.2 Å². The monoisotopic (exact) mass is 528 g/mol. The molecule has 1 aliphatic rings. The van der Waals surface area contributed by atoms with Crippen LogP contribution in [0, 0.1) is 0 Å².